The van der Waals surface area contributed by atoms with E-state index in [0.717, 1.165) is 0 Å². The average molecular weight is 292 g/mol. The molecule has 1 atom stereocenters. The number of nitro benzene ring substituents is 1. The van der Waals surface area contributed by atoms with Crippen LogP contribution in [0.5, 0.6) is 0 Å². The van der Waals surface area contributed by atoms with E-state index in [2.05, 4.69) is 0 Å². The third kappa shape index (κ3) is 2.81. The maximum atomic E-state index is 11.0. The number of nitro groups is 1. The van der Waals surface area contributed by atoms with E-state index in [4.69, 9.17) is 15.0 Å². The topological polar surface area (TPSA) is 87.6 Å². The third-order valence-corrected chi connectivity index (χ3v) is 4.38. The zero-order chi connectivity index (χ0) is 16.0. The molecule has 114 valence electrons. The van der Waals surface area contributed by atoms with Gasteiger partial charge in [0.05, 0.1) is 22.1 Å². The molecule has 1 aromatic carbocycles. The van der Waals surface area contributed by atoms with Crippen molar-refractivity contribution in [1.82, 2.24) is 0 Å². The Bertz CT molecular complexity index is 558. The number of hydrogen-bond acceptors (Lipinski definition) is 5. The van der Waals surface area contributed by atoms with E-state index < -0.39 is 29.2 Å². The maximum absolute atomic E-state index is 11.0. The third-order valence-electron chi connectivity index (χ3n) is 4.38. The summed E-state index contributed by atoms with van der Waals surface area (Å²) in [7, 11) is -0.627. The van der Waals surface area contributed by atoms with Gasteiger partial charge in [-0.1, -0.05) is 12.1 Å². The molecule has 1 aromatic rings. The molecular formula is C14H21BN2O4. The summed E-state index contributed by atoms with van der Waals surface area (Å²) in [5.74, 6) is -0.578. The first-order chi connectivity index (χ1) is 9.55. The molecule has 1 heterocycles. The molecule has 0 radical (unpaired) electrons. The summed E-state index contributed by atoms with van der Waals surface area (Å²) in [6, 6.07) is 4.96. The Labute approximate surface area is 124 Å². The fourth-order valence-electron chi connectivity index (χ4n) is 2.22. The first kappa shape index (κ1) is 15.9. The van der Waals surface area contributed by atoms with Crippen LogP contribution in [0, 0.1) is 17.0 Å². The van der Waals surface area contributed by atoms with Gasteiger partial charge >= 0.3 is 7.12 Å². The van der Waals surface area contributed by atoms with E-state index in [1.807, 2.05) is 27.7 Å². The lowest BCUT2D eigenvalue weighted by atomic mass is 9.74. The molecule has 2 rings (SSSR count). The highest BCUT2D eigenvalue weighted by Crippen LogP contribution is 2.39. The second-order valence-electron chi connectivity index (χ2n) is 6.45. The molecule has 0 amide bonds. The molecule has 0 bridgehead atoms. The van der Waals surface area contributed by atoms with E-state index in [9.17, 15) is 10.1 Å². The van der Waals surface area contributed by atoms with Gasteiger partial charge in [0.2, 0.25) is 0 Å². The average Bonchev–Trinajstić information content (AvgIpc) is 2.58. The lowest BCUT2D eigenvalue weighted by Gasteiger charge is -2.32. The first-order valence-electron chi connectivity index (χ1n) is 6.91. The molecule has 1 saturated heterocycles. The Kier molecular flexibility index (Phi) is 3.86. The highest BCUT2D eigenvalue weighted by atomic mass is 16.7. The van der Waals surface area contributed by atoms with E-state index in [1.165, 1.54) is 6.07 Å². The Morgan fingerprint density at radius 1 is 1.24 bits per heavy atom. The SMILES string of the molecule is Cc1ccc([C@H](N)B2OC(C)(C)C(C)(C)O2)cc1[N+](=O)[O-]. The molecular weight excluding hydrogens is 271 g/mol. The Morgan fingerprint density at radius 2 is 1.76 bits per heavy atom. The quantitative estimate of drug-likeness (QED) is 0.525. The lowest BCUT2D eigenvalue weighted by Crippen LogP contribution is -2.41. The molecule has 2 N–H and O–H groups in total. The summed E-state index contributed by atoms with van der Waals surface area (Å²) in [6.07, 6.45) is 0. The summed E-state index contributed by atoms with van der Waals surface area (Å²) in [5.41, 5.74) is 6.52. The van der Waals surface area contributed by atoms with Crippen molar-refractivity contribution in [3.63, 3.8) is 0 Å². The normalized spacial score (nSPS) is 21.3. The summed E-state index contributed by atoms with van der Waals surface area (Å²) in [4.78, 5) is 10.6. The van der Waals surface area contributed by atoms with E-state index >= 15 is 0 Å². The van der Waals surface area contributed by atoms with E-state index in [0.29, 0.717) is 11.1 Å². The largest absolute Gasteiger partial charge is 0.480 e. The van der Waals surface area contributed by atoms with Gasteiger partial charge in [0.1, 0.15) is 0 Å². The smallest absolute Gasteiger partial charge is 0.402 e. The Hall–Kier alpha value is -1.44. The summed E-state index contributed by atoms with van der Waals surface area (Å²) >= 11 is 0. The van der Waals surface area contributed by atoms with Gasteiger partial charge in [-0.2, -0.15) is 0 Å². The molecule has 1 aliphatic heterocycles. The van der Waals surface area contributed by atoms with Crippen molar-refractivity contribution in [3.05, 3.63) is 39.4 Å². The summed E-state index contributed by atoms with van der Waals surface area (Å²) < 4.78 is 11.8. The van der Waals surface area contributed by atoms with Crippen molar-refractivity contribution in [2.45, 2.75) is 51.8 Å². The van der Waals surface area contributed by atoms with Gasteiger partial charge in [-0.05, 0) is 40.2 Å². The van der Waals surface area contributed by atoms with Crippen LogP contribution in [0.25, 0.3) is 0 Å². The second-order valence-corrected chi connectivity index (χ2v) is 6.45. The van der Waals surface area contributed by atoms with Gasteiger partial charge < -0.3 is 15.0 Å². The fourth-order valence-corrected chi connectivity index (χ4v) is 2.22. The highest BCUT2D eigenvalue weighted by Gasteiger charge is 2.53. The van der Waals surface area contributed by atoms with Crippen LogP contribution < -0.4 is 5.73 Å². The number of rotatable bonds is 3. The first-order valence-corrected chi connectivity index (χ1v) is 6.91. The Morgan fingerprint density at radius 3 is 2.24 bits per heavy atom. The predicted molar refractivity (Wildman–Crippen MR) is 80.8 cm³/mol. The number of aryl methyl sites for hydroxylation is 1. The molecule has 21 heavy (non-hydrogen) atoms. The number of benzene rings is 1. The maximum Gasteiger partial charge on any atom is 0.480 e. The van der Waals surface area contributed by atoms with Crippen molar-refractivity contribution in [1.29, 1.82) is 0 Å². The molecule has 7 heteroatoms. The zero-order valence-corrected chi connectivity index (χ0v) is 13.0. The van der Waals surface area contributed by atoms with E-state index in [-0.39, 0.29) is 5.69 Å². The van der Waals surface area contributed by atoms with Gasteiger partial charge in [0.25, 0.3) is 5.69 Å². The lowest BCUT2D eigenvalue weighted by molar-refractivity contribution is -0.385. The number of hydrogen-bond donors (Lipinski definition) is 1. The van der Waals surface area contributed by atoms with Crippen molar-refractivity contribution in [3.8, 4) is 0 Å². The molecule has 0 unspecified atom stereocenters. The van der Waals surface area contributed by atoms with Crippen molar-refractivity contribution in [2.24, 2.45) is 5.73 Å². The van der Waals surface area contributed by atoms with Gasteiger partial charge in [-0.15, -0.1) is 0 Å². The summed E-state index contributed by atoms with van der Waals surface area (Å²) in [6.45, 7) is 9.46. The van der Waals surface area contributed by atoms with Crippen LogP contribution in [0.15, 0.2) is 18.2 Å². The minimum atomic E-state index is -0.627. The zero-order valence-electron chi connectivity index (χ0n) is 13.0. The van der Waals surface area contributed by atoms with Crippen LogP contribution in [-0.4, -0.2) is 23.2 Å². The number of nitrogens with zero attached hydrogens (tertiary/aromatic N) is 1. The monoisotopic (exact) mass is 292 g/mol. The van der Waals surface area contributed by atoms with Crippen LogP contribution in [0.4, 0.5) is 5.69 Å². The molecule has 0 aliphatic carbocycles. The summed E-state index contributed by atoms with van der Waals surface area (Å²) in [5, 5.41) is 11.0. The molecule has 0 spiro atoms. The van der Waals surface area contributed by atoms with Gasteiger partial charge in [0.15, 0.2) is 0 Å². The highest BCUT2D eigenvalue weighted by molar-refractivity contribution is 6.47. The van der Waals surface area contributed by atoms with Gasteiger partial charge in [0, 0.05) is 11.6 Å². The van der Waals surface area contributed by atoms with Crippen LogP contribution in [0.3, 0.4) is 0 Å². The number of nitrogens with two attached hydrogens (primary N) is 1. The van der Waals surface area contributed by atoms with Gasteiger partial charge in [-0.25, -0.2) is 0 Å². The molecule has 1 aliphatic rings. The molecule has 1 fully saturated rings. The van der Waals surface area contributed by atoms with Crippen molar-refractivity contribution in [2.75, 3.05) is 0 Å². The van der Waals surface area contributed by atoms with Crippen molar-refractivity contribution >= 4 is 12.8 Å². The standard InChI is InChI=1S/C14H21BN2O4/c1-9-6-7-10(8-11(9)17(18)19)12(16)15-20-13(2,3)14(4,5)21-15/h6-8,12H,16H2,1-5H3/t12-/m0/s1. The molecule has 0 aromatic heterocycles. The van der Waals surface area contributed by atoms with Crippen LogP contribution in [-0.2, 0) is 9.31 Å². The van der Waals surface area contributed by atoms with E-state index in [1.54, 1.807) is 19.1 Å². The Balaban J connectivity index is 2.28. The second kappa shape index (κ2) is 5.08. The molecule has 6 nitrogen and oxygen atoms in total. The predicted octanol–water partition coefficient (Wildman–Crippen LogP) is 2.53. The minimum Gasteiger partial charge on any atom is -0.402 e. The van der Waals surface area contributed by atoms with Crippen LogP contribution in [0.2, 0.25) is 0 Å². The fraction of sp³-hybridized carbons (Fsp3) is 0.571. The minimum absolute atomic E-state index is 0.0551. The van der Waals surface area contributed by atoms with Crippen molar-refractivity contribution < 1.29 is 14.2 Å². The van der Waals surface area contributed by atoms with Crippen LogP contribution in [0.1, 0.15) is 44.8 Å². The molecule has 0 saturated carbocycles. The van der Waals surface area contributed by atoms with Crippen LogP contribution >= 0.6 is 0 Å². The van der Waals surface area contributed by atoms with Gasteiger partial charge in [-0.3, -0.25) is 10.1 Å².